The van der Waals surface area contributed by atoms with Crippen LogP contribution in [0.15, 0.2) is 66.2 Å². The van der Waals surface area contributed by atoms with Crippen LogP contribution < -0.4 is 24.4 Å². The van der Waals surface area contributed by atoms with Crippen LogP contribution >= 0.6 is 11.6 Å². The molecule has 0 spiro atoms. The molecule has 0 radical (unpaired) electrons. The van der Waals surface area contributed by atoms with Gasteiger partial charge in [-0.15, -0.1) is 0 Å². The quantitative estimate of drug-likeness (QED) is 0.177. The minimum Gasteiger partial charge on any atom is -0.493 e. The van der Waals surface area contributed by atoms with Crippen LogP contribution in [0.1, 0.15) is 42.9 Å². The predicted octanol–water partition coefficient (Wildman–Crippen LogP) is 6.29. The normalized spacial score (nSPS) is 15.2. The number of hydrogen-bond donors (Lipinski definition) is 1. The number of anilines is 1. The van der Waals surface area contributed by atoms with Crippen molar-refractivity contribution in [1.29, 1.82) is 0 Å². The summed E-state index contributed by atoms with van der Waals surface area (Å²) in [7, 11) is 1.46. The van der Waals surface area contributed by atoms with E-state index in [1.54, 1.807) is 36.4 Å². The fraction of sp³-hybridized carbons (Fsp3) is 0.258. The first kappa shape index (κ1) is 28.7. The first-order chi connectivity index (χ1) is 19.2. The summed E-state index contributed by atoms with van der Waals surface area (Å²) >= 11 is 6.50. The second kappa shape index (κ2) is 12.7. The van der Waals surface area contributed by atoms with Gasteiger partial charge < -0.3 is 14.2 Å². The number of rotatable bonds is 10. The second-order valence-corrected chi connectivity index (χ2v) is 9.81. The topological polar surface area (TPSA) is 94.2 Å². The van der Waals surface area contributed by atoms with E-state index >= 15 is 0 Å². The van der Waals surface area contributed by atoms with Crippen LogP contribution in [0.4, 0.5) is 10.5 Å². The lowest BCUT2D eigenvalue weighted by Gasteiger charge is -2.26. The predicted molar refractivity (Wildman–Crippen MR) is 154 cm³/mol. The number of urea groups is 1. The van der Waals surface area contributed by atoms with Crippen LogP contribution in [0.25, 0.3) is 6.08 Å². The summed E-state index contributed by atoms with van der Waals surface area (Å²) in [5.74, 6) is 0.297. The molecule has 0 saturated carbocycles. The van der Waals surface area contributed by atoms with Crippen molar-refractivity contribution in [3.8, 4) is 17.2 Å². The molecule has 1 unspecified atom stereocenters. The lowest BCUT2D eigenvalue weighted by Crippen LogP contribution is -2.54. The van der Waals surface area contributed by atoms with E-state index in [0.29, 0.717) is 28.7 Å². The van der Waals surface area contributed by atoms with Gasteiger partial charge in [-0.3, -0.25) is 14.9 Å². The van der Waals surface area contributed by atoms with E-state index in [-0.39, 0.29) is 23.8 Å². The molecule has 3 aromatic carbocycles. The lowest BCUT2D eigenvalue weighted by atomic mass is 9.99. The van der Waals surface area contributed by atoms with Crippen molar-refractivity contribution in [3.63, 3.8) is 0 Å². The zero-order chi connectivity index (χ0) is 28.8. The number of methoxy groups -OCH3 is 1. The Morgan fingerprint density at radius 3 is 2.30 bits per heavy atom. The van der Waals surface area contributed by atoms with Gasteiger partial charge in [0.25, 0.3) is 11.8 Å². The molecule has 1 atom stereocenters. The number of halogens is 1. The molecule has 1 saturated heterocycles. The van der Waals surface area contributed by atoms with Gasteiger partial charge in [-0.1, -0.05) is 55.3 Å². The summed E-state index contributed by atoms with van der Waals surface area (Å²) in [5, 5.41) is 2.43. The summed E-state index contributed by atoms with van der Waals surface area (Å²) in [5.41, 5.74) is 2.77. The smallest absolute Gasteiger partial charge is 0.335 e. The minimum atomic E-state index is -0.816. The summed E-state index contributed by atoms with van der Waals surface area (Å²) in [6.45, 7) is 6.72. The largest absolute Gasteiger partial charge is 0.493 e. The second-order valence-electron chi connectivity index (χ2n) is 9.40. The Labute approximate surface area is 238 Å². The number of benzene rings is 3. The molecule has 9 heteroatoms. The number of nitrogens with zero attached hydrogens (tertiary/aromatic N) is 1. The zero-order valence-corrected chi connectivity index (χ0v) is 23.6. The zero-order valence-electron chi connectivity index (χ0n) is 22.8. The van der Waals surface area contributed by atoms with E-state index in [1.807, 2.05) is 19.1 Å². The highest BCUT2D eigenvalue weighted by Gasteiger charge is 2.36. The molecule has 8 nitrogen and oxygen atoms in total. The lowest BCUT2D eigenvalue weighted by molar-refractivity contribution is -0.122. The molecule has 40 heavy (non-hydrogen) atoms. The maximum Gasteiger partial charge on any atom is 0.335 e. The van der Waals surface area contributed by atoms with Crippen molar-refractivity contribution in [1.82, 2.24) is 5.32 Å². The molecule has 0 aromatic heterocycles. The fourth-order valence-electron chi connectivity index (χ4n) is 4.15. The summed E-state index contributed by atoms with van der Waals surface area (Å²) in [6.07, 6.45) is 2.43. The molecule has 208 valence electrons. The van der Waals surface area contributed by atoms with Crippen molar-refractivity contribution >= 4 is 41.2 Å². The van der Waals surface area contributed by atoms with Gasteiger partial charge in [0.2, 0.25) is 0 Å². The third kappa shape index (κ3) is 6.46. The number of carbonyl (C=O) groups excluding carboxylic acids is 3. The minimum absolute atomic E-state index is 0.206. The van der Waals surface area contributed by atoms with Crippen molar-refractivity contribution in [3.05, 3.63) is 87.9 Å². The third-order valence-corrected chi connectivity index (χ3v) is 6.90. The van der Waals surface area contributed by atoms with Crippen LogP contribution in [0.5, 0.6) is 17.2 Å². The molecule has 3 aromatic rings. The van der Waals surface area contributed by atoms with E-state index in [4.69, 9.17) is 25.8 Å². The van der Waals surface area contributed by atoms with E-state index < -0.39 is 17.8 Å². The maximum absolute atomic E-state index is 13.2. The average Bonchev–Trinajstić information content (AvgIpc) is 2.94. The highest BCUT2D eigenvalue weighted by atomic mass is 35.5. The molecule has 4 rings (SSSR count). The van der Waals surface area contributed by atoms with Crippen LogP contribution in [-0.4, -0.2) is 38.2 Å². The average molecular weight is 563 g/mol. The van der Waals surface area contributed by atoms with Crippen molar-refractivity contribution in [2.24, 2.45) is 0 Å². The molecule has 1 aliphatic heterocycles. The molecule has 1 fully saturated rings. The Hall–Kier alpha value is -4.30. The monoisotopic (exact) mass is 562 g/mol. The number of ether oxygens (including phenoxy) is 3. The van der Waals surface area contributed by atoms with Gasteiger partial charge in [0, 0.05) is 0 Å². The first-order valence-electron chi connectivity index (χ1n) is 12.9. The number of aryl methyl sites for hydroxylation is 1. The number of amides is 4. The number of barbiturate groups is 1. The van der Waals surface area contributed by atoms with Crippen molar-refractivity contribution in [2.45, 2.75) is 33.1 Å². The summed E-state index contributed by atoms with van der Waals surface area (Å²) < 4.78 is 17.1. The van der Waals surface area contributed by atoms with Crippen molar-refractivity contribution in [2.75, 3.05) is 25.2 Å². The van der Waals surface area contributed by atoms with Gasteiger partial charge in [0.15, 0.2) is 11.5 Å². The van der Waals surface area contributed by atoms with Gasteiger partial charge in [0.05, 0.1) is 17.8 Å². The molecular weight excluding hydrogens is 532 g/mol. The van der Waals surface area contributed by atoms with Gasteiger partial charge in [-0.25, -0.2) is 9.69 Å². The molecule has 0 bridgehead atoms. The standard InChI is InChI=1S/C31H31ClN2O6/c1-5-20(3)22-8-12-24(13-9-22)39-14-15-40-28-26(32)17-21(18-27(28)38-4)16-25-29(35)33-31(37)34(30(25)36)23-10-6-19(2)7-11-23/h6-13,16-18,20H,5,14-15H2,1-4H3,(H,33,35,37). The Kier molecular flexibility index (Phi) is 9.11. The van der Waals surface area contributed by atoms with Gasteiger partial charge in [-0.05, 0) is 72.9 Å². The Morgan fingerprint density at radius 2 is 1.65 bits per heavy atom. The number of carbonyl (C=O) groups is 3. The van der Waals surface area contributed by atoms with Crippen LogP contribution in [0.3, 0.4) is 0 Å². The number of imide groups is 2. The summed E-state index contributed by atoms with van der Waals surface area (Å²) in [6, 6.07) is 17.1. The van der Waals surface area contributed by atoms with E-state index in [9.17, 15) is 14.4 Å². The van der Waals surface area contributed by atoms with Gasteiger partial charge >= 0.3 is 6.03 Å². The van der Waals surface area contributed by atoms with Gasteiger partial charge in [-0.2, -0.15) is 0 Å². The molecule has 1 N–H and O–H groups in total. The molecular formula is C31H31ClN2O6. The highest BCUT2D eigenvalue weighted by Crippen LogP contribution is 2.37. The first-order valence-corrected chi connectivity index (χ1v) is 13.3. The fourth-order valence-corrected chi connectivity index (χ4v) is 4.42. The van der Waals surface area contributed by atoms with E-state index in [1.165, 1.54) is 18.7 Å². The molecule has 4 amide bonds. The Morgan fingerprint density at radius 1 is 0.975 bits per heavy atom. The Bertz CT molecular complexity index is 1430. The number of hydrogen-bond acceptors (Lipinski definition) is 6. The molecule has 0 aliphatic carbocycles. The van der Waals surface area contributed by atoms with Crippen LogP contribution in [0, 0.1) is 6.92 Å². The van der Waals surface area contributed by atoms with Crippen molar-refractivity contribution < 1.29 is 28.6 Å². The molecule has 1 aliphatic rings. The van der Waals surface area contributed by atoms with Crippen LogP contribution in [-0.2, 0) is 9.59 Å². The highest BCUT2D eigenvalue weighted by molar-refractivity contribution is 6.39. The van der Waals surface area contributed by atoms with E-state index in [0.717, 1.165) is 22.6 Å². The number of nitrogens with one attached hydrogen (secondary N) is 1. The molecule has 1 heterocycles. The van der Waals surface area contributed by atoms with Gasteiger partial charge in [0.1, 0.15) is 24.5 Å². The SMILES string of the molecule is CCC(C)c1ccc(OCCOc2c(Cl)cc(C=C3C(=O)NC(=O)N(c4ccc(C)cc4)C3=O)cc2OC)cc1. The third-order valence-electron chi connectivity index (χ3n) is 6.62. The van der Waals surface area contributed by atoms with E-state index in [2.05, 4.69) is 31.3 Å². The maximum atomic E-state index is 13.2. The Balaban J connectivity index is 1.47. The van der Waals surface area contributed by atoms with Crippen LogP contribution in [0.2, 0.25) is 5.02 Å². The summed E-state index contributed by atoms with van der Waals surface area (Å²) in [4.78, 5) is 39.1.